The summed E-state index contributed by atoms with van der Waals surface area (Å²) in [6, 6.07) is 7.22. The summed E-state index contributed by atoms with van der Waals surface area (Å²) in [7, 11) is 1.32. The molecule has 0 saturated carbocycles. The monoisotopic (exact) mass is 201 g/mol. The molecule has 0 heterocycles. The molecule has 0 amide bonds. The lowest BCUT2D eigenvalue weighted by molar-refractivity contribution is -0.134. The molecule has 0 aliphatic rings. The first kappa shape index (κ1) is 10.9. The van der Waals surface area contributed by atoms with Gasteiger partial charge < -0.3 is 10.5 Å². The van der Waals surface area contributed by atoms with Crippen molar-refractivity contribution in [2.24, 2.45) is 0 Å². The van der Waals surface area contributed by atoms with Gasteiger partial charge in [0.05, 0.1) is 7.11 Å². The van der Waals surface area contributed by atoms with E-state index in [-0.39, 0.29) is 0 Å². The van der Waals surface area contributed by atoms with Crippen molar-refractivity contribution in [1.82, 2.24) is 0 Å². The lowest BCUT2D eigenvalue weighted by atomic mass is 10.2. The van der Waals surface area contributed by atoms with Gasteiger partial charge in [0, 0.05) is 17.3 Å². The topological polar surface area (TPSA) is 52.3 Å². The highest BCUT2D eigenvalue weighted by atomic mass is 16.5. The average Bonchev–Trinajstić information content (AvgIpc) is 2.24. The van der Waals surface area contributed by atoms with Gasteiger partial charge in [-0.25, -0.2) is 4.79 Å². The fourth-order valence-electron chi connectivity index (χ4n) is 0.919. The minimum atomic E-state index is -0.420. The molecule has 3 nitrogen and oxygen atoms in total. The summed E-state index contributed by atoms with van der Waals surface area (Å²) in [4.78, 5) is 10.7. The first-order valence-electron chi connectivity index (χ1n) is 4.34. The first-order chi connectivity index (χ1) is 7.22. The van der Waals surface area contributed by atoms with E-state index >= 15 is 0 Å². The molecule has 0 radical (unpaired) electrons. The van der Waals surface area contributed by atoms with Gasteiger partial charge >= 0.3 is 5.97 Å². The summed E-state index contributed by atoms with van der Waals surface area (Å²) < 4.78 is 4.41. The van der Waals surface area contributed by atoms with Gasteiger partial charge in [-0.3, -0.25) is 0 Å². The van der Waals surface area contributed by atoms with E-state index in [0.717, 1.165) is 5.56 Å². The van der Waals surface area contributed by atoms with E-state index in [1.165, 1.54) is 19.3 Å². The van der Waals surface area contributed by atoms with E-state index in [9.17, 15) is 4.79 Å². The molecule has 0 saturated heterocycles. The number of esters is 1. The SMILES string of the molecule is COC(=O)/C=C/C#Cc1cccc(N)c1. The first-order valence-corrected chi connectivity index (χ1v) is 4.34. The van der Waals surface area contributed by atoms with Gasteiger partial charge in [-0.05, 0) is 24.3 Å². The van der Waals surface area contributed by atoms with Crippen molar-refractivity contribution in [3.8, 4) is 11.8 Å². The summed E-state index contributed by atoms with van der Waals surface area (Å²) in [5.74, 6) is 5.13. The molecule has 0 bridgehead atoms. The Morgan fingerprint density at radius 1 is 1.53 bits per heavy atom. The van der Waals surface area contributed by atoms with E-state index < -0.39 is 5.97 Å². The molecular weight excluding hydrogens is 190 g/mol. The number of carbonyl (C=O) groups excluding carboxylic acids is 1. The van der Waals surface area contributed by atoms with Crippen molar-refractivity contribution in [2.45, 2.75) is 0 Å². The van der Waals surface area contributed by atoms with E-state index in [1.807, 2.05) is 12.1 Å². The molecule has 0 fully saturated rings. The number of methoxy groups -OCH3 is 1. The number of rotatable bonds is 1. The van der Waals surface area contributed by atoms with Gasteiger partial charge in [0.1, 0.15) is 0 Å². The lowest BCUT2D eigenvalue weighted by Gasteiger charge is -1.91. The van der Waals surface area contributed by atoms with Crippen LogP contribution in [0.15, 0.2) is 36.4 Å². The van der Waals surface area contributed by atoms with E-state index in [4.69, 9.17) is 5.73 Å². The maximum absolute atomic E-state index is 10.7. The Kier molecular flexibility index (Phi) is 3.99. The van der Waals surface area contributed by atoms with Gasteiger partial charge in [0.25, 0.3) is 0 Å². The van der Waals surface area contributed by atoms with Gasteiger partial charge in [-0.1, -0.05) is 17.9 Å². The summed E-state index contributed by atoms with van der Waals surface area (Å²) in [6.07, 6.45) is 2.70. The molecule has 15 heavy (non-hydrogen) atoms. The van der Waals surface area contributed by atoms with Crippen molar-refractivity contribution in [3.63, 3.8) is 0 Å². The summed E-state index contributed by atoms with van der Waals surface area (Å²) in [5, 5.41) is 0. The standard InChI is InChI=1S/C12H11NO2/c1-15-12(14)8-3-2-5-10-6-4-7-11(13)9-10/h3-4,6-9H,13H2,1H3/b8-3+. The maximum Gasteiger partial charge on any atom is 0.331 e. The molecule has 1 rings (SSSR count). The van der Waals surface area contributed by atoms with Crippen LogP contribution in [-0.2, 0) is 9.53 Å². The second-order valence-electron chi connectivity index (χ2n) is 2.75. The van der Waals surface area contributed by atoms with Gasteiger partial charge in [0.2, 0.25) is 0 Å². The van der Waals surface area contributed by atoms with Crippen molar-refractivity contribution in [1.29, 1.82) is 0 Å². The minimum Gasteiger partial charge on any atom is -0.466 e. The minimum absolute atomic E-state index is 0.420. The number of nitrogens with two attached hydrogens (primary N) is 1. The highest BCUT2D eigenvalue weighted by Crippen LogP contribution is 2.04. The number of hydrogen-bond acceptors (Lipinski definition) is 3. The Morgan fingerprint density at radius 2 is 2.33 bits per heavy atom. The summed E-state index contributed by atoms with van der Waals surface area (Å²) in [6.45, 7) is 0. The Labute approximate surface area is 88.5 Å². The smallest absolute Gasteiger partial charge is 0.331 e. The van der Waals surface area contributed by atoms with Crippen molar-refractivity contribution < 1.29 is 9.53 Å². The van der Waals surface area contributed by atoms with Crippen LogP contribution < -0.4 is 5.73 Å². The molecule has 2 N–H and O–H groups in total. The number of benzene rings is 1. The summed E-state index contributed by atoms with van der Waals surface area (Å²) >= 11 is 0. The Bertz CT molecular complexity index is 438. The van der Waals surface area contributed by atoms with Crippen LogP contribution in [0.4, 0.5) is 5.69 Å². The van der Waals surface area contributed by atoms with E-state index in [2.05, 4.69) is 16.6 Å². The molecular formula is C12H11NO2. The number of anilines is 1. The Balaban J connectivity index is 2.66. The number of allylic oxidation sites excluding steroid dienone is 1. The number of ether oxygens (including phenoxy) is 1. The molecule has 0 aromatic heterocycles. The van der Waals surface area contributed by atoms with Crippen molar-refractivity contribution in [3.05, 3.63) is 42.0 Å². The van der Waals surface area contributed by atoms with E-state index in [0.29, 0.717) is 5.69 Å². The quantitative estimate of drug-likeness (QED) is 0.323. The fourth-order valence-corrected chi connectivity index (χ4v) is 0.919. The van der Waals surface area contributed by atoms with Crippen LogP contribution >= 0.6 is 0 Å². The predicted octanol–water partition coefficient (Wildman–Crippen LogP) is 1.35. The molecule has 3 heteroatoms. The Morgan fingerprint density at radius 3 is 3.00 bits per heavy atom. The van der Waals surface area contributed by atoms with Gasteiger partial charge in [-0.15, -0.1) is 0 Å². The molecule has 0 spiro atoms. The lowest BCUT2D eigenvalue weighted by Crippen LogP contribution is -1.92. The normalized spacial score (nSPS) is 9.40. The molecule has 1 aromatic carbocycles. The second kappa shape index (κ2) is 5.51. The fraction of sp³-hybridized carbons (Fsp3) is 0.0833. The largest absolute Gasteiger partial charge is 0.466 e. The van der Waals surface area contributed by atoms with E-state index in [1.54, 1.807) is 12.1 Å². The zero-order valence-electron chi connectivity index (χ0n) is 8.36. The highest BCUT2D eigenvalue weighted by Gasteiger charge is 1.88. The van der Waals surface area contributed by atoms with Crippen molar-refractivity contribution in [2.75, 3.05) is 12.8 Å². The van der Waals surface area contributed by atoms with Crippen molar-refractivity contribution >= 4 is 11.7 Å². The Hall–Kier alpha value is -2.21. The molecule has 1 aromatic rings. The van der Waals surface area contributed by atoms with Gasteiger partial charge in [-0.2, -0.15) is 0 Å². The summed E-state index contributed by atoms with van der Waals surface area (Å²) in [5.41, 5.74) is 7.05. The zero-order valence-corrected chi connectivity index (χ0v) is 8.36. The van der Waals surface area contributed by atoms with Crippen LogP contribution in [0.2, 0.25) is 0 Å². The molecule has 0 aliphatic heterocycles. The molecule has 0 aliphatic carbocycles. The number of hydrogen-bond donors (Lipinski definition) is 1. The van der Waals surface area contributed by atoms with Crippen LogP contribution in [0, 0.1) is 11.8 Å². The highest BCUT2D eigenvalue weighted by molar-refractivity contribution is 5.82. The van der Waals surface area contributed by atoms with Gasteiger partial charge in [0.15, 0.2) is 0 Å². The number of nitrogen functional groups attached to an aromatic ring is 1. The third-order valence-electron chi connectivity index (χ3n) is 1.61. The molecule has 0 unspecified atom stereocenters. The maximum atomic E-state index is 10.7. The zero-order chi connectivity index (χ0) is 11.1. The third-order valence-corrected chi connectivity index (χ3v) is 1.61. The van der Waals surface area contributed by atoms with Crippen LogP contribution in [0.5, 0.6) is 0 Å². The van der Waals surface area contributed by atoms with Crippen LogP contribution in [0.25, 0.3) is 0 Å². The second-order valence-corrected chi connectivity index (χ2v) is 2.75. The van der Waals surface area contributed by atoms with Crippen LogP contribution in [0.3, 0.4) is 0 Å². The molecule has 0 atom stereocenters. The predicted molar refractivity (Wildman–Crippen MR) is 58.9 cm³/mol. The van der Waals surface area contributed by atoms with Crippen LogP contribution in [-0.4, -0.2) is 13.1 Å². The number of carbonyl (C=O) groups is 1. The van der Waals surface area contributed by atoms with Crippen LogP contribution in [0.1, 0.15) is 5.56 Å². The average molecular weight is 201 g/mol. The molecule has 76 valence electrons. The third kappa shape index (κ3) is 4.01.